The molecule has 0 N–H and O–H groups in total. The molecule has 124 valence electrons. The molecule has 1 aliphatic rings. The van der Waals surface area contributed by atoms with Gasteiger partial charge in [0.05, 0.1) is 10.3 Å². The summed E-state index contributed by atoms with van der Waals surface area (Å²) >= 11 is 0. The van der Waals surface area contributed by atoms with Crippen LogP contribution in [0, 0.1) is 21.3 Å². The van der Waals surface area contributed by atoms with E-state index in [1.807, 2.05) is 13.0 Å². The van der Waals surface area contributed by atoms with Crippen LogP contribution in [0.5, 0.6) is 0 Å². The van der Waals surface area contributed by atoms with Crippen molar-refractivity contribution in [2.45, 2.75) is 45.6 Å². The lowest BCUT2D eigenvalue weighted by atomic mass is 9.88. The van der Waals surface area contributed by atoms with Gasteiger partial charge >= 0.3 is 11.7 Å². The van der Waals surface area contributed by atoms with Crippen LogP contribution in [0.15, 0.2) is 30.4 Å². The maximum Gasteiger partial charge on any atom is 0.312 e. The number of esters is 1. The molecule has 0 heterocycles. The predicted molar refractivity (Wildman–Crippen MR) is 83.3 cm³/mol. The Balaban J connectivity index is 2.43. The number of carbonyl (C=O) groups is 1. The molecule has 0 aliphatic heterocycles. The second-order valence-corrected chi connectivity index (χ2v) is 6.38. The number of halogens is 1. The molecule has 2 rings (SSSR count). The molecule has 0 spiro atoms. The van der Waals surface area contributed by atoms with Gasteiger partial charge in [0.1, 0.15) is 0 Å². The van der Waals surface area contributed by atoms with Crippen molar-refractivity contribution in [3.8, 4) is 0 Å². The third-order valence-corrected chi connectivity index (χ3v) is 4.41. The van der Waals surface area contributed by atoms with Crippen LogP contribution >= 0.6 is 0 Å². The van der Waals surface area contributed by atoms with Crippen molar-refractivity contribution in [3.63, 3.8) is 0 Å². The summed E-state index contributed by atoms with van der Waals surface area (Å²) < 4.78 is 19.3. The van der Waals surface area contributed by atoms with E-state index in [2.05, 4.69) is 0 Å². The molecule has 1 aromatic rings. The minimum absolute atomic E-state index is 0.376. The van der Waals surface area contributed by atoms with Crippen LogP contribution in [0.4, 0.5) is 10.1 Å². The van der Waals surface area contributed by atoms with Crippen molar-refractivity contribution in [2.75, 3.05) is 0 Å². The molecule has 0 amide bonds. The van der Waals surface area contributed by atoms with E-state index in [1.165, 1.54) is 6.07 Å². The van der Waals surface area contributed by atoms with E-state index in [0.29, 0.717) is 24.8 Å². The fourth-order valence-electron chi connectivity index (χ4n) is 2.40. The first-order chi connectivity index (χ1) is 10.7. The number of hydrogen-bond acceptors (Lipinski definition) is 4. The Morgan fingerprint density at radius 3 is 2.70 bits per heavy atom. The fraction of sp³-hybridized carbons (Fsp3) is 0.471. The second kappa shape index (κ2) is 6.10. The highest BCUT2D eigenvalue weighted by Crippen LogP contribution is 2.41. The summed E-state index contributed by atoms with van der Waals surface area (Å²) in [5.41, 5.74) is -1.93. The van der Waals surface area contributed by atoms with Crippen LogP contribution < -0.4 is 0 Å². The Morgan fingerprint density at radius 1 is 1.48 bits per heavy atom. The molecule has 0 saturated carbocycles. The van der Waals surface area contributed by atoms with Gasteiger partial charge in [-0.3, -0.25) is 14.9 Å². The highest BCUT2D eigenvalue weighted by molar-refractivity contribution is 5.76. The number of hydrogen-bond donors (Lipinski definition) is 0. The van der Waals surface area contributed by atoms with Crippen LogP contribution in [0.25, 0.3) is 0 Å². The van der Waals surface area contributed by atoms with Gasteiger partial charge in [0, 0.05) is 11.6 Å². The van der Waals surface area contributed by atoms with Crippen molar-refractivity contribution in [1.82, 2.24) is 0 Å². The molecule has 1 atom stereocenters. The molecule has 23 heavy (non-hydrogen) atoms. The van der Waals surface area contributed by atoms with Crippen molar-refractivity contribution in [2.24, 2.45) is 5.41 Å². The molecule has 0 radical (unpaired) electrons. The van der Waals surface area contributed by atoms with Gasteiger partial charge in [-0.1, -0.05) is 19.1 Å². The summed E-state index contributed by atoms with van der Waals surface area (Å²) in [5, 5.41) is 11.0. The number of ether oxygens (including phenoxy) is 1. The minimum Gasteiger partial charge on any atom is -0.449 e. The third kappa shape index (κ3) is 3.25. The van der Waals surface area contributed by atoms with E-state index in [-0.39, 0.29) is 5.97 Å². The van der Waals surface area contributed by atoms with Crippen molar-refractivity contribution in [3.05, 3.63) is 51.8 Å². The minimum atomic E-state index is -1.07. The molecular formula is C17H20FNO4. The molecule has 1 unspecified atom stereocenters. The number of nitro groups is 1. The van der Waals surface area contributed by atoms with Gasteiger partial charge in [-0.15, -0.1) is 0 Å². The van der Waals surface area contributed by atoms with Gasteiger partial charge in [-0.2, -0.15) is 4.39 Å². The fourth-order valence-corrected chi connectivity index (χ4v) is 2.40. The first-order valence-corrected chi connectivity index (χ1v) is 7.57. The van der Waals surface area contributed by atoms with Crippen LogP contribution in [-0.4, -0.2) is 10.9 Å². The average molecular weight is 321 g/mol. The van der Waals surface area contributed by atoms with Gasteiger partial charge in [-0.25, -0.2) is 0 Å². The third-order valence-electron chi connectivity index (χ3n) is 4.41. The van der Waals surface area contributed by atoms with E-state index in [1.54, 1.807) is 19.9 Å². The first kappa shape index (κ1) is 17.1. The summed E-state index contributed by atoms with van der Waals surface area (Å²) in [7, 11) is 0. The van der Waals surface area contributed by atoms with Crippen molar-refractivity contribution >= 4 is 11.7 Å². The van der Waals surface area contributed by atoms with E-state index in [4.69, 9.17) is 4.74 Å². The summed E-state index contributed by atoms with van der Waals surface area (Å²) in [5.74, 6) is -1.28. The molecular weight excluding hydrogens is 301 g/mol. The lowest BCUT2D eigenvalue weighted by Crippen LogP contribution is -2.35. The maximum absolute atomic E-state index is 13.6. The normalized spacial score (nSPS) is 20.5. The van der Waals surface area contributed by atoms with E-state index < -0.39 is 27.4 Å². The predicted octanol–water partition coefficient (Wildman–Crippen LogP) is 4.26. The molecule has 1 aromatic carbocycles. The zero-order valence-electron chi connectivity index (χ0n) is 13.5. The highest BCUT2D eigenvalue weighted by Gasteiger charge is 2.41. The number of allylic oxidation sites excluding steroid dienone is 1. The van der Waals surface area contributed by atoms with Gasteiger partial charge in [0.2, 0.25) is 5.82 Å². The van der Waals surface area contributed by atoms with Gasteiger partial charge in [0.15, 0.2) is 5.60 Å². The number of benzene rings is 1. The Hall–Kier alpha value is -2.24. The standard InChI is InChI=1S/C17H20FNO4/c1-4-16(2,3)15(20)23-17(9-5-6-10-17)12-7-8-13(18)14(11-12)19(21)22/h5,7-9,11H,4,6,10H2,1-3H3. The van der Waals surface area contributed by atoms with Gasteiger partial charge in [-0.05, 0) is 45.3 Å². The van der Waals surface area contributed by atoms with Crippen LogP contribution in [0.2, 0.25) is 0 Å². The quantitative estimate of drug-likeness (QED) is 0.352. The van der Waals surface area contributed by atoms with E-state index in [0.717, 1.165) is 12.1 Å². The number of carbonyl (C=O) groups excluding carboxylic acids is 1. The number of nitro benzene ring substituents is 1. The molecule has 5 nitrogen and oxygen atoms in total. The number of rotatable bonds is 5. The monoisotopic (exact) mass is 321 g/mol. The first-order valence-electron chi connectivity index (χ1n) is 7.57. The second-order valence-electron chi connectivity index (χ2n) is 6.38. The molecule has 1 aliphatic carbocycles. The summed E-state index contributed by atoms with van der Waals surface area (Å²) in [4.78, 5) is 22.6. The zero-order valence-corrected chi connectivity index (χ0v) is 13.5. The summed E-state index contributed by atoms with van der Waals surface area (Å²) in [6, 6.07) is 3.63. The molecule has 0 aromatic heterocycles. The maximum atomic E-state index is 13.6. The Bertz CT molecular complexity index is 669. The lowest BCUT2D eigenvalue weighted by molar-refractivity contribution is -0.387. The van der Waals surface area contributed by atoms with Crippen LogP contribution in [0.1, 0.15) is 45.6 Å². The Labute approximate surface area is 134 Å². The molecule has 0 saturated heterocycles. The van der Waals surface area contributed by atoms with Crippen molar-refractivity contribution < 1.29 is 18.8 Å². The highest BCUT2D eigenvalue weighted by atomic mass is 19.1. The summed E-state index contributed by atoms with van der Waals surface area (Å²) in [6.07, 6.45) is 5.37. The van der Waals surface area contributed by atoms with Crippen LogP contribution in [0.3, 0.4) is 0 Å². The molecule has 6 heteroatoms. The molecule has 0 bridgehead atoms. The summed E-state index contributed by atoms with van der Waals surface area (Å²) in [6.45, 7) is 5.46. The number of nitrogens with zero attached hydrogens (tertiary/aromatic N) is 1. The van der Waals surface area contributed by atoms with Crippen LogP contribution in [-0.2, 0) is 15.1 Å². The van der Waals surface area contributed by atoms with E-state index >= 15 is 0 Å². The SMILES string of the molecule is CCC(C)(C)C(=O)OC1(c2ccc(F)c([N+](=O)[O-])c2)C=CCC1. The van der Waals surface area contributed by atoms with Gasteiger partial charge < -0.3 is 4.74 Å². The van der Waals surface area contributed by atoms with Gasteiger partial charge in [0.25, 0.3) is 0 Å². The van der Waals surface area contributed by atoms with E-state index in [9.17, 15) is 19.3 Å². The largest absolute Gasteiger partial charge is 0.449 e. The Kier molecular flexibility index (Phi) is 4.54. The average Bonchev–Trinajstić information content (AvgIpc) is 2.96. The molecule has 0 fully saturated rings. The van der Waals surface area contributed by atoms with Crippen molar-refractivity contribution in [1.29, 1.82) is 0 Å². The lowest BCUT2D eigenvalue weighted by Gasteiger charge is -2.32. The smallest absolute Gasteiger partial charge is 0.312 e. The topological polar surface area (TPSA) is 69.4 Å². The zero-order chi connectivity index (χ0) is 17.3. The Morgan fingerprint density at radius 2 is 2.17 bits per heavy atom.